The second-order valence-corrected chi connectivity index (χ2v) is 5.69. The van der Waals surface area contributed by atoms with E-state index in [0.717, 1.165) is 10.9 Å². The van der Waals surface area contributed by atoms with Crippen molar-refractivity contribution in [3.63, 3.8) is 0 Å². The van der Waals surface area contributed by atoms with Crippen LogP contribution in [0.4, 0.5) is 0 Å². The van der Waals surface area contributed by atoms with E-state index >= 15 is 0 Å². The molecule has 1 aromatic carbocycles. The van der Waals surface area contributed by atoms with Gasteiger partial charge in [-0.2, -0.15) is 0 Å². The van der Waals surface area contributed by atoms with E-state index in [-0.39, 0.29) is 5.91 Å². The van der Waals surface area contributed by atoms with Gasteiger partial charge in [0.15, 0.2) is 0 Å². The lowest BCUT2D eigenvalue weighted by molar-refractivity contribution is -0.138. The van der Waals surface area contributed by atoms with Gasteiger partial charge in [0.2, 0.25) is 5.91 Å². The summed E-state index contributed by atoms with van der Waals surface area (Å²) in [6, 6.07) is 6.32. The first-order valence-corrected chi connectivity index (χ1v) is 7.34. The van der Waals surface area contributed by atoms with Gasteiger partial charge in [0.1, 0.15) is 12.6 Å². The molecule has 0 saturated carbocycles. The second-order valence-electron chi connectivity index (χ2n) is 4.78. The van der Waals surface area contributed by atoms with Crippen molar-refractivity contribution in [2.45, 2.75) is 18.9 Å². The van der Waals surface area contributed by atoms with Crippen LogP contribution in [0.3, 0.4) is 0 Å². The number of aliphatic carboxylic acids is 1. The summed E-state index contributed by atoms with van der Waals surface area (Å²) in [7, 11) is 0. The van der Waals surface area contributed by atoms with Gasteiger partial charge in [-0.25, -0.2) is 0 Å². The van der Waals surface area contributed by atoms with Gasteiger partial charge in [-0.15, -0.1) is 0 Å². The molecule has 2 amide bonds. The Bertz CT molecular complexity index is 559. The Hall–Kier alpha value is -1.89. The Morgan fingerprint density at radius 1 is 1.29 bits per heavy atom. The first-order chi connectivity index (χ1) is 9.99. The largest absolute Gasteiger partial charge is 0.480 e. The maximum atomic E-state index is 12.4. The fourth-order valence-corrected chi connectivity index (χ4v) is 2.59. The van der Waals surface area contributed by atoms with E-state index in [1.165, 1.54) is 4.90 Å². The van der Waals surface area contributed by atoms with Gasteiger partial charge in [-0.1, -0.05) is 15.9 Å². The molecule has 1 saturated heterocycles. The third-order valence-electron chi connectivity index (χ3n) is 3.32. The molecule has 0 aromatic heterocycles. The van der Waals surface area contributed by atoms with Crippen LogP contribution in [0.5, 0.6) is 0 Å². The number of nitrogens with zero attached hydrogens (tertiary/aromatic N) is 1. The van der Waals surface area contributed by atoms with Crippen molar-refractivity contribution in [3.05, 3.63) is 34.3 Å². The molecule has 0 radical (unpaired) electrons. The summed E-state index contributed by atoms with van der Waals surface area (Å²) in [4.78, 5) is 36.4. The maximum Gasteiger partial charge on any atom is 0.322 e. The minimum absolute atomic E-state index is 0.213. The summed E-state index contributed by atoms with van der Waals surface area (Å²) in [5.74, 6) is -1.73. The van der Waals surface area contributed by atoms with Gasteiger partial charge >= 0.3 is 5.97 Å². The highest BCUT2D eigenvalue weighted by Crippen LogP contribution is 2.21. The summed E-state index contributed by atoms with van der Waals surface area (Å²) in [6.45, 7) is 0.0652. The van der Waals surface area contributed by atoms with Crippen LogP contribution in [0, 0.1) is 0 Å². The van der Waals surface area contributed by atoms with E-state index in [1.54, 1.807) is 24.3 Å². The van der Waals surface area contributed by atoms with E-state index in [0.29, 0.717) is 18.5 Å². The normalized spacial score (nSPS) is 17.6. The van der Waals surface area contributed by atoms with Crippen molar-refractivity contribution in [2.75, 3.05) is 13.1 Å². The number of carbonyl (C=O) groups excluding carboxylic acids is 2. The van der Waals surface area contributed by atoms with Crippen molar-refractivity contribution in [2.24, 2.45) is 0 Å². The molecule has 1 unspecified atom stereocenters. The van der Waals surface area contributed by atoms with Gasteiger partial charge in [-0.3, -0.25) is 14.4 Å². The monoisotopic (exact) mass is 354 g/mol. The molecule has 0 bridgehead atoms. The topological polar surface area (TPSA) is 86.7 Å². The standard InChI is InChI=1S/C14H15BrN2O4/c15-10-5-3-9(4-6-10)14(21)17-7-1-2-11(17)13(20)16-8-12(18)19/h3-6,11H,1-2,7-8H2,(H,16,20)(H,18,19). The van der Waals surface area contributed by atoms with E-state index in [1.807, 2.05) is 0 Å². The Morgan fingerprint density at radius 3 is 2.57 bits per heavy atom. The van der Waals surface area contributed by atoms with E-state index in [4.69, 9.17) is 5.11 Å². The zero-order valence-electron chi connectivity index (χ0n) is 11.2. The van der Waals surface area contributed by atoms with Gasteiger partial charge in [0.25, 0.3) is 5.91 Å². The number of nitrogens with one attached hydrogen (secondary N) is 1. The summed E-state index contributed by atoms with van der Waals surface area (Å²) in [5, 5.41) is 10.9. The summed E-state index contributed by atoms with van der Waals surface area (Å²) in [5.41, 5.74) is 0.510. The molecular weight excluding hydrogens is 340 g/mol. The summed E-state index contributed by atoms with van der Waals surface area (Å²) in [6.07, 6.45) is 1.28. The molecule has 6 nitrogen and oxygen atoms in total. The highest BCUT2D eigenvalue weighted by molar-refractivity contribution is 9.10. The smallest absolute Gasteiger partial charge is 0.322 e. The van der Waals surface area contributed by atoms with Crippen LogP contribution in [-0.2, 0) is 9.59 Å². The molecule has 21 heavy (non-hydrogen) atoms. The van der Waals surface area contributed by atoms with Crippen LogP contribution in [-0.4, -0.2) is 46.9 Å². The van der Waals surface area contributed by atoms with Crippen molar-refractivity contribution in [1.82, 2.24) is 10.2 Å². The number of hydrogen-bond donors (Lipinski definition) is 2. The Labute approximate surface area is 130 Å². The molecule has 0 spiro atoms. The predicted molar refractivity (Wildman–Crippen MR) is 78.8 cm³/mol. The number of hydrogen-bond acceptors (Lipinski definition) is 3. The lowest BCUT2D eigenvalue weighted by Crippen LogP contribution is -2.47. The lowest BCUT2D eigenvalue weighted by atomic mass is 10.1. The molecule has 1 aliphatic heterocycles. The van der Waals surface area contributed by atoms with Crippen molar-refractivity contribution in [1.29, 1.82) is 0 Å². The maximum absolute atomic E-state index is 12.4. The highest BCUT2D eigenvalue weighted by Gasteiger charge is 2.34. The number of likely N-dealkylation sites (tertiary alicyclic amines) is 1. The molecule has 2 N–H and O–H groups in total. The number of benzene rings is 1. The van der Waals surface area contributed by atoms with Crippen LogP contribution in [0.2, 0.25) is 0 Å². The fourth-order valence-electron chi connectivity index (χ4n) is 2.32. The second kappa shape index (κ2) is 6.71. The third kappa shape index (κ3) is 3.81. The molecular formula is C14H15BrN2O4. The first kappa shape index (κ1) is 15.5. The zero-order valence-corrected chi connectivity index (χ0v) is 12.8. The molecule has 112 valence electrons. The molecule has 1 atom stereocenters. The van der Waals surface area contributed by atoms with Crippen LogP contribution < -0.4 is 5.32 Å². The van der Waals surface area contributed by atoms with E-state index < -0.39 is 24.5 Å². The van der Waals surface area contributed by atoms with Gasteiger partial charge in [0.05, 0.1) is 0 Å². The number of amides is 2. The van der Waals surface area contributed by atoms with Crippen LogP contribution >= 0.6 is 15.9 Å². The highest BCUT2D eigenvalue weighted by atomic mass is 79.9. The van der Waals surface area contributed by atoms with Crippen LogP contribution in [0.25, 0.3) is 0 Å². The summed E-state index contributed by atoms with van der Waals surface area (Å²) >= 11 is 3.30. The average Bonchev–Trinajstić information content (AvgIpc) is 2.94. The van der Waals surface area contributed by atoms with Crippen LogP contribution in [0.15, 0.2) is 28.7 Å². The minimum atomic E-state index is -1.10. The predicted octanol–water partition coefficient (Wildman–Crippen LogP) is 1.25. The van der Waals surface area contributed by atoms with Gasteiger partial charge in [0, 0.05) is 16.6 Å². The average molecular weight is 355 g/mol. The minimum Gasteiger partial charge on any atom is -0.480 e. The number of halogens is 1. The molecule has 7 heteroatoms. The van der Waals surface area contributed by atoms with E-state index in [2.05, 4.69) is 21.2 Å². The van der Waals surface area contributed by atoms with Gasteiger partial charge < -0.3 is 15.3 Å². The zero-order chi connectivity index (χ0) is 15.4. The van der Waals surface area contributed by atoms with Crippen molar-refractivity contribution < 1.29 is 19.5 Å². The number of rotatable bonds is 4. The number of carboxylic acid groups (broad SMARTS) is 1. The SMILES string of the molecule is O=C(O)CNC(=O)C1CCCN1C(=O)c1ccc(Br)cc1. The van der Waals surface area contributed by atoms with Gasteiger partial charge in [-0.05, 0) is 37.1 Å². The Kier molecular flexibility index (Phi) is 4.95. The molecule has 1 aromatic rings. The van der Waals surface area contributed by atoms with Crippen molar-refractivity contribution >= 4 is 33.7 Å². The summed E-state index contributed by atoms with van der Waals surface area (Å²) < 4.78 is 0.872. The molecule has 1 fully saturated rings. The Balaban J connectivity index is 2.07. The molecule has 1 aliphatic rings. The fraction of sp³-hybridized carbons (Fsp3) is 0.357. The lowest BCUT2D eigenvalue weighted by Gasteiger charge is -2.23. The Morgan fingerprint density at radius 2 is 1.95 bits per heavy atom. The molecule has 2 rings (SSSR count). The third-order valence-corrected chi connectivity index (χ3v) is 3.85. The van der Waals surface area contributed by atoms with E-state index in [9.17, 15) is 14.4 Å². The first-order valence-electron chi connectivity index (χ1n) is 6.55. The van der Waals surface area contributed by atoms with Crippen LogP contribution in [0.1, 0.15) is 23.2 Å². The molecule has 1 heterocycles. The van der Waals surface area contributed by atoms with Crippen molar-refractivity contribution in [3.8, 4) is 0 Å². The number of carboxylic acids is 1. The quantitative estimate of drug-likeness (QED) is 0.851. The molecule has 0 aliphatic carbocycles. The number of carbonyl (C=O) groups is 3.